The van der Waals surface area contributed by atoms with E-state index in [0.717, 1.165) is 0 Å². The number of benzene rings is 1. The molecule has 2 atom stereocenters. The van der Waals surface area contributed by atoms with Crippen LogP contribution in [0, 0.1) is 0 Å². The average molecular weight is 328 g/mol. The molecule has 2 aliphatic rings. The van der Waals surface area contributed by atoms with Crippen LogP contribution >= 0.6 is 0 Å². The Morgan fingerprint density at radius 3 is 2.82 bits per heavy atom. The second-order valence-corrected chi connectivity index (χ2v) is 6.78. The molecule has 0 saturated carbocycles. The minimum Gasteiger partial charge on any atom is -0.442 e. The number of rotatable bonds is 3. The summed E-state index contributed by atoms with van der Waals surface area (Å²) in [7, 11) is -4.32. The van der Waals surface area contributed by atoms with E-state index in [4.69, 9.17) is 9.29 Å². The van der Waals surface area contributed by atoms with Gasteiger partial charge in [0.2, 0.25) is 0 Å². The van der Waals surface area contributed by atoms with Crippen molar-refractivity contribution >= 4 is 21.9 Å². The second-order valence-electron chi connectivity index (χ2n) is 5.35. The third kappa shape index (κ3) is 2.87. The van der Waals surface area contributed by atoms with E-state index < -0.39 is 22.3 Å². The van der Waals surface area contributed by atoms with Crippen LogP contribution < -0.4 is 10.2 Å². The van der Waals surface area contributed by atoms with Crippen LogP contribution in [0.15, 0.2) is 23.1 Å². The Kier molecular flexibility index (Phi) is 3.71. The van der Waals surface area contributed by atoms with Crippen LogP contribution in [0.3, 0.4) is 0 Å². The van der Waals surface area contributed by atoms with E-state index in [1.54, 1.807) is 6.07 Å². The molecule has 0 aliphatic carbocycles. The zero-order chi connectivity index (χ0) is 15.9. The molecule has 0 spiro atoms. The van der Waals surface area contributed by atoms with Crippen LogP contribution in [0.5, 0.6) is 0 Å². The summed E-state index contributed by atoms with van der Waals surface area (Å²) < 4.78 is 36.6. The van der Waals surface area contributed by atoms with Crippen molar-refractivity contribution in [2.75, 3.05) is 24.5 Å². The zero-order valence-corrected chi connectivity index (χ0v) is 12.4. The van der Waals surface area contributed by atoms with Crippen molar-refractivity contribution in [2.24, 2.45) is 0 Å². The summed E-state index contributed by atoms with van der Waals surface area (Å²) in [6.07, 6.45) is -1.12. The molecule has 0 radical (unpaired) electrons. The zero-order valence-electron chi connectivity index (χ0n) is 11.6. The minimum atomic E-state index is -4.32. The Morgan fingerprint density at radius 2 is 2.18 bits per heavy atom. The quantitative estimate of drug-likeness (QED) is 0.683. The lowest BCUT2D eigenvalue weighted by Gasteiger charge is -2.35. The molecule has 3 N–H and O–H groups in total. The molecule has 9 heteroatoms. The molecule has 8 nitrogen and oxygen atoms in total. The smallest absolute Gasteiger partial charge is 0.407 e. The number of hydrogen-bond donors (Lipinski definition) is 3. The third-order valence-corrected chi connectivity index (χ3v) is 4.69. The first-order chi connectivity index (χ1) is 10.3. The number of carbonyl (C=O) groups is 1. The van der Waals surface area contributed by atoms with E-state index in [0.29, 0.717) is 37.3 Å². The maximum absolute atomic E-state index is 11.2. The third-order valence-electron chi connectivity index (χ3n) is 3.84. The Morgan fingerprint density at radius 1 is 1.41 bits per heavy atom. The first-order valence-corrected chi connectivity index (χ1v) is 8.27. The first kappa shape index (κ1) is 15.1. The molecule has 0 aromatic heterocycles. The Hall–Kier alpha value is -1.84. The molecular weight excluding hydrogens is 312 g/mol. The molecule has 22 heavy (non-hydrogen) atoms. The number of amides is 1. The Bertz CT molecular complexity index is 704. The molecule has 1 saturated heterocycles. The molecule has 1 aromatic carbocycles. The number of hydrogen-bond acceptors (Lipinski definition) is 6. The average Bonchev–Trinajstić information content (AvgIpc) is 2.86. The number of ether oxygens (including phenoxy) is 1. The van der Waals surface area contributed by atoms with Crippen molar-refractivity contribution in [3.63, 3.8) is 0 Å². The standard InChI is InChI=1S/C13H16N2O6S/c16-12-3-4-15(7-8-6-14-13(17)21-8)11-2-1-9(5-10(11)12)22(18,19)20/h1-2,5,8,12,16H,3-4,6-7H2,(H,14,17)(H,18,19,20). The summed E-state index contributed by atoms with van der Waals surface area (Å²) in [5.41, 5.74) is 1.12. The predicted molar refractivity (Wildman–Crippen MR) is 76.3 cm³/mol. The van der Waals surface area contributed by atoms with Crippen molar-refractivity contribution in [1.82, 2.24) is 5.32 Å². The molecule has 3 rings (SSSR count). The number of nitrogens with one attached hydrogen (secondary N) is 1. The number of cyclic esters (lactones) is 1. The van der Waals surface area contributed by atoms with Gasteiger partial charge < -0.3 is 20.1 Å². The summed E-state index contributed by atoms with van der Waals surface area (Å²) >= 11 is 0. The van der Waals surface area contributed by atoms with E-state index in [1.807, 2.05) is 4.90 Å². The number of fused-ring (bicyclic) bond motifs is 1. The lowest BCUT2D eigenvalue weighted by atomic mass is 9.98. The highest BCUT2D eigenvalue weighted by Gasteiger charge is 2.30. The monoisotopic (exact) mass is 328 g/mol. The molecule has 1 aromatic rings. The molecular formula is C13H16N2O6S. The molecule has 2 unspecified atom stereocenters. The van der Waals surface area contributed by atoms with Gasteiger partial charge in [-0.05, 0) is 24.6 Å². The van der Waals surface area contributed by atoms with Gasteiger partial charge in [0.1, 0.15) is 6.10 Å². The number of aliphatic hydroxyl groups is 1. The number of anilines is 1. The minimum absolute atomic E-state index is 0.249. The summed E-state index contributed by atoms with van der Waals surface area (Å²) in [6, 6.07) is 4.11. The Labute approximate surface area is 127 Å². The van der Waals surface area contributed by atoms with Crippen LogP contribution in [0.4, 0.5) is 10.5 Å². The van der Waals surface area contributed by atoms with Crippen molar-refractivity contribution in [2.45, 2.75) is 23.5 Å². The van der Waals surface area contributed by atoms with E-state index >= 15 is 0 Å². The highest BCUT2D eigenvalue weighted by atomic mass is 32.2. The number of alkyl carbamates (subject to hydrolysis) is 1. The summed E-state index contributed by atoms with van der Waals surface area (Å²) in [5, 5.41) is 12.6. The summed E-state index contributed by atoms with van der Waals surface area (Å²) in [4.78, 5) is 12.7. The largest absolute Gasteiger partial charge is 0.442 e. The van der Waals surface area contributed by atoms with Crippen LogP contribution in [0.2, 0.25) is 0 Å². The van der Waals surface area contributed by atoms with Gasteiger partial charge in [0.05, 0.1) is 24.1 Å². The normalized spacial score (nSPS) is 24.6. The highest BCUT2D eigenvalue weighted by molar-refractivity contribution is 7.85. The van der Waals surface area contributed by atoms with Gasteiger partial charge in [-0.25, -0.2) is 4.79 Å². The van der Waals surface area contributed by atoms with Gasteiger partial charge in [0, 0.05) is 17.8 Å². The lowest BCUT2D eigenvalue weighted by molar-refractivity contribution is 0.137. The van der Waals surface area contributed by atoms with E-state index in [-0.39, 0.29) is 11.0 Å². The molecule has 2 heterocycles. The second kappa shape index (κ2) is 5.41. The van der Waals surface area contributed by atoms with Crippen LogP contribution in [-0.2, 0) is 14.9 Å². The van der Waals surface area contributed by atoms with Crippen LogP contribution in [-0.4, -0.2) is 49.9 Å². The fourth-order valence-electron chi connectivity index (χ4n) is 2.77. The van der Waals surface area contributed by atoms with Gasteiger partial charge in [-0.15, -0.1) is 0 Å². The van der Waals surface area contributed by atoms with E-state index in [2.05, 4.69) is 5.32 Å². The van der Waals surface area contributed by atoms with Gasteiger partial charge in [-0.1, -0.05) is 0 Å². The number of carbonyl (C=O) groups excluding carboxylic acids is 1. The molecule has 2 aliphatic heterocycles. The van der Waals surface area contributed by atoms with Crippen molar-refractivity contribution in [3.8, 4) is 0 Å². The van der Waals surface area contributed by atoms with E-state index in [1.165, 1.54) is 12.1 Å². The maximum atomic E-state index is 11.2. The fraction of sp³-hybridized carbons (Fsp3) is 0.462. The molecule has 1 fully saturated rings. The number of nitrogens with zero attached hydrogens (tertiary/aromatic N) is 1. The Balaban J connectivity index is 1.88. The van der Waals surface area contributed by atoms with Crippen molar-refractivity contribution in [1.29, 1.82) is 0 Å². The molecule has 120 valence electrons. The summed E-state index contributed by atoms with van der Waals surface area (Å²) in [6.45, 7) is 1.42. The SMILES string of the molecule is O=C1NCC(CN2CCC(O)c3cc(S(=O)(=O)O)ccc32)O1. The predicted octanol–water partition coefficient (Wildman–Crippen LogP) is 0.285. The van der Waals surface area contributed by atoms with Crippen molar-refractivity contribution < 1.29 is 27.6 Å². The van der Waals surface area contributed by atoms with Crippen molar-refractivity contribution in [3.05, 3.63) is 23.8 Å². The lowest BCUT2D eigenvalue weighted by Crippen LogP contribution is -2.38. The van der Waals surface area contributed by atoms with Gasteiger partial charge in [0.25, 0.3) is 10.1 Å². The maximum Gasteiger partial charge on any atom is 0.407 e. The first-order valence-electron chi connectivity index (χ1n) is 6.83. The fourth-order valence-corrected chi connectivity index (χ4v) is 3.29. The van der Waals surface area contributed by atoms with Gasteiger partial charge >= 0.3 is 6.09 Å². The highest BCUT2D eigenvalue weighted by Crippen LogP contribution is 2.35. The van der Waals surface area contributed by atoms with Crippen LogP contribution in [0.25, 0.3) is 0 Å². The molecule has 1 amide bonds. The van der Waals surface area contributed by atoms with E-state index in [9.17, 15) is 18.3 Å². The summed E-state index contributed by atoms with van der Waals surface area (Å²) in [5.74, 6) is 0. The van der Waals surface area contributed by atoms with Gasteiger partial charge in [-0.2, -0.15) is 8.42 Å². The van der Waals surface area contributed by atoms with Gasteiger partial charge in [-0.3, -0.25) is 4.55 Å². The van der Waals surface area contributed by atoms with Crippen LogP contribution in [0.1, 0.15) is 18.1 Å². The molecule has 0 bridgehead atoms. The topological polar surface area (TPSA) is 116 Å². The number of aliphatic hydroxyl groups excluding tert-OH is 1. The van der Waals surface area contributed by atoms with Gasteiger partial charge in [0.15, 0.2) is 0 Å².